The van der Waals surface area contributed by atoms with Crippen LogP contribution in [-0.2, 0) is 11.3 Å². The Morgan fingerprint density at radius 1 is 1.24 bits per heavy atom. The lowest BCUT2D eigenvalue weighted by atomic mass is 10.2. The highest BCUT2D eigenvalue weighted by Crippen LogP contribution is 2.27. The first-order valence-electron chi connectivity index (χ1n) is 6.70. The number of carbonyl (C=O) groups is 1. The number of phenols is 1. The fraction of sp³-hybridized carbons (Fsp3) is 0.188. The summed E-state index contributed by atoms with van der Waals surface area (Å²) in [5.41, 5.74) is 2.16. The monoisotopic (exact) mass is 304 g/mol. The minimum atomic E-state index is -0.0519. The number of nitrogens with one attached hydrogen (secondary N) is 2. The average Bonchev–Trinajstić information content (AvgIpc) is 2.49. The molecular weight excluding hydrogens is 288 g/mol. The molecule has 0 spiro atoms. The van der Waals surface area contributed by atoms with Gasteiger partial charge in [0.15, 0.2) is 0 Å². The van der Waals surface area contributed by atoms with Crippen molar-refractivity contribution in [3.8, 4) is 5.75 Å². The van der Waals surface area contributed by atoms with E-state index in [9.17, 15) is 9.90 Å². The molecule has 5 heteroatoms. The number of para-hydroxylation sites is 1. The van der Waals surface area contributed by atoms with Crippen molar-refractivity contribution in [2.45, 2.75) is 19.9 Å². The number of aromatic hydroxyl groups is 1. The number of amides is 1. The summed E-state index contributed by atoms with van der Waals surface area (Å²) in [4.78, 5) is 11.4. The van der Waals surface area contributed by atoms with E-state index >= 15 is 0 Å². The minimum absolute atomic E-state index is 0.0519. The van der Waals surface area contributed by atoms with E-state index in [-0.39, 0.29) is 11.7 Å². The molecule has 0 aromatic heterocycles. The summed E-state index contributed by atoms with van der Waals surface area (Å²) in [6, 6.07) is 12.3. The van der Waals surface area contributed by atoms with Crippen LogP contribution in [0.15, 0.2) is 42.5 Å². The predicted molar refractivity (Wildman–Crippen MR) is 85.8 cm³/mol. The number of benzene rings is 2. The van der Waals surface area contributed by atoms with Gasteiger partial charge in [0.1, 0.15) is 5.75 Å². The number of hydrogen-bond acceptors (Lipinski definition) is 3. The van der Waals surface area contributed by atoms with Gasteiger partial charge in [-0.15, -0.1) is 0 Å². The second-order valence-electron chi connectivity index (χ2n) is 4.58. The summed E-state index contributed by atoms with van der Waals surface area (Å²) in [7, 11) is 0. The molecule has 4 nitrogen and oxygen atoms in total. The van der Waals surface area contributed by atoms with Crippen molar-refractivity contribution in [2.24, 2.45) is 0 Å². The van der Waals surface area contributed by atoms with E-state index in [4.69, 9.17) is 11.6 Å². The summed E-state index contributed by atoms with van der Waals surface area (Å²) in [6.45, 7) is 2.24. The second-order valence-corrected chi connectivity index (χ2v) is 4.99. The molecule has 0 saturated heterocycles. The van der Waals surface area contributed by atoms with E-state index in [0.717, 1.165) is 5.56 Å². The van der Waals surface area contributed by atoms with Gasteiger partial charge in [0.2, 0.25) is 5.91 Å². The molecule has 110 valence electrons. The summed E-state index contributed by atoms with van der Waals surface area (Å²) >= 11 is 6.13. The number of halogens is 1. The Hall–Kier alpha value is -2.20. The van der Waals surface area contributed by atoms with Crippen LogP contribution in [0, 0.1) is 0 Å². The molecule has 0 bridgehead atoms. The van der Waals surface area contributed by atoms with Crippen LogP contribution < -0.4 is 10.6 Å². The molecule has 0 fully saturated rings. The Morgan fingerprint density at radius 3 is 2.71 bits per heavy atom. The molecule has 2 aromatic carbocycles. The summed E-state index contributed by atoms with van der Waals surface area (Å²) in [6.07, 6.45) is 0.420. The highest BCUT2D eigenvalue weighted by molar-refractivity contribution is 6.33. The fourth-order valence-electron chi connectivity index (χ4n) is 1.84. The smallest absolute Gasteiger partial charge is 0.224 e. The van der Waals surface area contributed by atoms with Gasteiger partial charge in [-0.1, -0.05) is 36.7 Å². The molecule has 2 aromatic rings. The summed E-state index contributed by atoms with van der Waals surface area (Å²) in [5.74, 6) is 0.181. The van der Waals surface area contributed by atoms with Crippen LogP contribution >= 0.6 is 11.6 Å². The standard InChI is InChI=1S/C16H17ClN2O2/c1-2-16(21)19-12-7-8-13(17)14(9-12)18-10-11-5-3-4-6-15(11)20/h3-9,18,20H,2,10H2,1H3,(H,19,21). The van der Waals surface area contributed by atoms with E-state index < -0.39 is 0 Å². The van der Waals surface area contributed by atoms with Crippen LogP contribution in [-0.4, -0.2) is 11.0 Å². The third-order valence-electron chi connectivity index (χ3n) is 3.03. The highest BCUT2D eigenvalue weighted by Gasteiger charge is 2.05. The lowest BCUT2D eigenvalue weighted by Crippen LogP contribution is -2.09. The quantitative estimate of drug-likeness (QED) is 0.782. The van der Waals surface area contributed by atoms with Gasteiger partial charge in [-0.05, 0) is 24.3 Å². The Kier molecular flexibility index (Phi) is 5.06. The van der Waals surface area contributed by atoms with Crippen molar-refractivity contribution in [1.29, 1.82) is 0 Å². The Balaban J connectivity index is 2.10. The van der Waals surface area contributed by atoms with Crippen molar-refractivity contribution in [3.05, 3.63) is 53.1 Å². The predicted octanol–water partition coefficient (Wildman–Crippen LogP) is 4.01. The van der Waals surface area contributed by atoms with Gasteiger partial charge < -0.3 is 15.7 Å². The first-order chi connectivity index (χ1) is 10.1. The molecule has 0 radical (unpaired) electrons. The van der Waals surface area contributed by atoms with Gasteiger partial charge in [0.05, 0.1) is 10.7 Å². The first-order valence-corrected chi connectivity index (χ1v) is 7.08. The first kappa shape index (κ1) is 15.2. The zero-order chi connectivity index (χ0) is 15.2. The molecule has 0 unspecified atom stereocenters. The fourth-order valence-corrected chi connectivity index (χ4v) is 2.02. The topological polar surface area (TPSA) is 61.4 Å². The molecule has 0 saturated carbocycles. The second kappa shape index (κ2) is 6.99. The lowest BCUT2D eigenvalue weighted by Gasteiger charge is -2.12. The molecule has 21 heavy (non-hydrogen) atoms. The van der Waals surface area contributed by atoms with Gasteiger partial charge >= 0.3 is 0 Å². The molecule has 1 amide bonds. The normalized spacial score (nSPS) is 10.2. The van der Waals surface area contributed by atoms with Gasteiger partial charge in [-0.25, -0.2) is 0 Å². The zero-order valence-electron chi connectivity index (χ0n) is 11.7. The minimum Gasteiger partial charge on any atom is -0.508 e. The van der Waals surface area contributed by atoms with Crippen molar-refractivity contribution in [3.63, 3.8) is 0 Å². The number of anilines is 2. The van der Waals surface area contributed by atoms with Crippen LogP contribution in [0.2, 0.25) is 5.02 Å². The number of hydrogen-bond donors (Lipinski definition) is 3. The molecule has 0 atom stereocenters. The number of rotatable bonds is 5. The van der Waals surface area contributed by atoms with Crippen LogP contribution in [0.1, 0.15) is 18.9 Å². The summed E-state index contributed by atoms with van der Waals surface area (Å²) < 4.78 is 0. The van der Waals surface area contributed by atoms with Gasteiger partial charge in [-0.2, -0.15) is 0 Å². The van der Waals surface area contributed by atoms with Crippen molar-refractivity contribution < 1.29 is 9.90 Å². The van der Waals surface area contributed by atoms with E-state index in [2.05, 4.69) is 10.6 Å². The molecular formula is C16H17ClN2O2. The third kappa shape index (κ3) is 4.13. The Labute approximate surface area is 128 Å². The van der Waals surface area contributed by atoms with Crippen molar-refractivity contribution in [1.82, 2.24) is 0 Å². The largest absolute Gasteiger partial charge is 0.508 e. The Morgan fingerprint density at radius 2 is 2.00 bits per heavy atom. The number of phenolic OH excluding ortho intramolecular Hbond substituents is 1. The van der Waals surface area contributed by atoms with Crippen molar-refractivity contribution >= 4 is 28.9 Å². The molecule has 0 aliphatic heterocycles. The summed E-state index contributed by atoms with van der Waals surface area (Å²) in [5, 5.41) is 16.2. The average molecular weight is 305 g/mol. The molecule has 0 aliphatic carbocycles. The third-order valence-corrected chi connectivity index (χ3v) is 3.36. The highest BCUT2D eigenvalue weighted by atomic mass is 35.5. The van der Waals surface area contributed by atoms with Crippen LogP contribution in [0.5, 0.6) is 5.75 Å². The maximum Gasteiger partial charge on any atom is 0.224 e. The van der Waals surface area contributed by atoms with E-state index in [1.54, 1.807) is 37.3 Å². The van der Waals surface area contributed by atoms with Gasteiger partial charge in [-0.3, -0.25) is 4.79 Å². The molecule has 0 aliphatic rings. The van der Waals surface area contributed by atoms with E-state index in [1.165, 1.54) is 0 Å². The van der Waals surface area contributed by atoms with Crippen LogP contribution in [0.3, 0.4) is 0 Å². The maximum absolute atomic E-state index is 11.4. The SMILES string of the molecule is CCC(=O)Nc1ccc(Cl)c(NCc2ccccc2O)c1. The zero-order valence-corrected chi connectivity index (χ0v) is 12.4. The molecule has 2 rings (SSSR count). The van der Waals surface area contributed by atoms with Gasteiger partial charge in [0, 0.05) is 24.2 Å². The maximum atomic E-state index is 11.4. The van der Waals surface area contributed by atoms with E-state index in [0.29, 0.717) is 29.4 Å². The van der Waals surface area contributed by atoms with Crippen LogP contribution in [0.4, 0.5) is 11.4 Å². The molecule has 3 N–H and O–H groups in total. The number of carbonyl (C=O) groups excluding carboxylic acids is 1. The van der Waals surface area contributed by atoms with Crippen LogP contribution in [0.25, 0.3) is 0 Å². The van der Waals surface area contributed by atoms with E-state index in [1.807, 2.05) is 12.1 Å². The van der Waals surface area contributed by atoms with Gasteiger partial charge in [0.25, 0.3) is 0 Å². The van der Waals surface area contributed by atoms with Crippen molar-refractivity contribution in [2.75, 3.05) is 10.6 Å². The molecule has 0 heterocycles. The lowest BCUT2D eigenvalue weighted by molar-refractivity contribution is -0.115. The Bertz CT molecular complexity index is 644.